The lowest BCUT2D eigenvalue weighted by atomic mass is 10.0. The third kappa shape index (κ3) is 4.11. The standard InChI is InChI=1S/C19H27N7O/c1-11-6-7-13(14(20)8-11)9-21-16-15-17(26(5)10-22-15)25-18(24-16)23-12(2)19(3,4)27/h6-8,10,12,27H,9,20H2,1-5H3,(H2,21,23,24,25). The number of nitrogen functional groups attached to an aromatic ring is 1. The lowest BCUT2D eigenvalue weighted by molar-refractivity contribution is 0.0646. The van der Waals surface area contributed by atoms with Crippen molar-refractivity contribution in [3.63, 3.8) is 0 Å². The van der Waals surface area contributed by atoms with Gasteiger partial charge in [0.15, 0.2) is 17.0 Å². The molecule has 8 heteroatoms. The maximum Gasteiger partial charge on any atom is 0.227 e. The molecule has 0 radical (unpaired) electrons. The summed E-state index contributed by atoms with van der Waals surface area (Å²) in [6.07, 6.45) is 1.70. The van der Waals surface area contributed by atoms with Gasteiger partial charge in [0.2, 0.25) is 5.95 Å². The van der Waals surface area contributed by atoms with Crippen molar-refractivity contribution in [3.8, 4) is 0 Å². The van der Waals surface area contributed by atoms with Crippen molar-refractivity contribution in [2.75, 3.05) is 16.4 Å². The summed E-state index contributed by atoms with van der Waals surface area (Å²) in [5.74, 6) is 1.05. The average Bonchev–Trinajstić information content (AvgIpc) is 2.94. The smallest absolute Gasteiger partial charge is 0.227 e. The van der Waals surface area contributed by atoms with Gasteiger partial charge >= 0.3 is 0 Å². The fourth-order valence-electron chi connectivity index (χ4n) is 2.62. The topological polar surface area (TPSA) is 114 Å². The highest BCUT2D eigenvalue weighted by Gasteiger charge is 2.23. The lowest BCUT2D eigenvalue weighted by Gasteiger charge is -2.26. The summed E-state index contributed by atoms with van der Waals surface area (Å²) in [6, 6.07) is 5.75. The molecule has 3 rings (SSSR count). The molecule has 0 fully saturated rings. The Morgan fingerprint density at radius 3 is 2.70 bits per heavy atom. The number of aliphatic hydroxyl groups is 1. The highest BCUT2D eigenvalue weighted by molar-refractivity contribution is 5.84. The highest BCUT2D eigenvalue weighted by atomic mass is 16.3. The molecule has 1 unspecified atom stereocenters. The van der Waals surface area contributed by atoms with E-state index in [-0.39, 0.29) is 6.04 Å². The normalized spacial score (nSPS) is 13.0. The molecule has 0 aliphatic rings. The van der Waals surface area contributed by atoms with E-state index in [0.717, 1.165) is 16.8 Å². The number of rotatable bonds is 6. The van der Waals surface area contributed by atoms with Crippen LogP contribution >= 0.6 is 0 Å². The van der Waals surface area contributed by atoms with Gasteiger partial charge in [-0.05, 0) is 44.9 Å². The minimum Gasteiger partial charge on any atom is -0.398 e. The van der Waals surface area contributed by atoms with Crippen LogP contribution in [0.1, 0.15) is 31.9 Å². The van der Waals surface area contributed by atoms with Crippen molar-refractivity contribution < 1.29 is 5.11 Å². The molecule has 0 amide bonds. The van der Waals surface area contributed by atoms with Gasteiger partial charge in [-0.1, -0.05) is 12.1 Å². The molecule has 0 aliphatic carbocycles. The van der Waals surface area contributed by atoms with Crippen LogP contribution in [0.15, 0.2) is 24.5 Å². The van der Waals surface area contributed by atoms with E-state index >= 15 is 0 Å². The SMILES string of the molecule is Cc1ccc(CNc2nc(NC(C)C(C)(C)O)nc3c2ncn3C)c(N)c1. The van der Waals surface area contributed by atoms with Crippen LogP contribution in [-0.2, 0) is 13.6 Å². The van der Waals surface area contributed by atoms with E-state index in [4.69, 9.17) is 5.73 Å². The van der Waals surface area contributed by atoms with E-state index in [1.54, 1.807) is 20.2 Å². The molecule has 0 saturated carbocycles. The molecule has 1 atom stereocenters. The zero-order chi connectivity index (χ0) is 19.8. The third-order valence-electron chi connectivity index (χ3n) is 4.71. The van der Waals surface area contributed by atoms with E-state index in [1.165, 1.54) is 0 Å². The molecular weight excluding hydrogens is 342 g/mol. The lowest BCUT2D eigenvalue weighted by Crippen LogP contribution is -2.39. The number of nitrogens with two attached hydrogens (primary N) is 1. The largest absolute Gasteiger partial charge is 0.398 e. The van der Waals surface area contributed by atoms with Crippen molar-refractivity contribution in [1.29, 1.82) is 0 Å². The predicted octanol–water partition coefficient (Wildman–Crippen LogP) is 2.44. The number of benzene rings is 1. The van der Waals surface area contributed by atoms with Gasteiger partial charge in [-0.2, -0.15) is 9.97 Å². The summed E-state index contributed by atoms with van der Waals surface area (Å²) < 4.78 is 1.84. The molecule has 27 heavy (non-hydrogen) atoms. The highest BCUT2D eigenvalue weighted by Crippen LogP contribution is 2.23. The van der Waals surface area contributed by atoms with Crippen molar-refractivity contribution >= 4 is 28.6 Å². The zero-order valence-electron chi connectivity index (χ0n) is 16.4. The molecule has 0 saturated heterocycles. The fourth-order valence-corrected chi connectivity index (χ4v) is 2.62. The Morgan fingerprint density at radius 1 is 1.30 bits per heavy atom. The summed E-state index contributed by atoms with van der Waals surface area (Å²) in [7, 11) is 1.88. The monoisotopic (exact) mass is 369 g/mol. The number of nitrogens with one attached hydrogen (secondary N) is 2. The van der Waals surface area contributed by atoms with Crippen molar-refractivity contribution in [2.24, 2.45) is 7.05 Å². The van der Waals surface area contributed by atoms with Crippen molar-refractivity contribution in [1.82, 2.24) is 19.5 Å². The van der Waals surface area contributed by atoms with Crippen LogP contribution in [0.3, 0.4) is 0 Å². The predicted molar refractivity (Wildman–Crippen MR) is 109 cm³/mol. The van der Waals surface area contributed by atoms with Crippen LogP contribution in [0.4, 0.5) is 17.5 Å². The Hall–Kier alpha value is -2.87. The zero-order valence-corrected chi connectivity index (χ0v) is 16.4. The second-order valence-electron chi connectivity index (χ2n) is 7.50. The van der Waals surface area contributed by atoms with Crippen LogP contribution < -0.4 is 16.4 Å². The molecule has 2 heterocycles. The second kappa shape index (κ2) is 7.03. The number of fused-ring (bicyclic) bond motifs is 1. The maximum atomic E-state index is 10.2. The third-order valence-corrected chi connectivity index (χ3v) is 4.71. The number of nitrogens with zero attached hydrogens (tertiary/aromatic N) is 4. The molecule has 3 aromatic rings. The second-order valence-corrected chi connectivity index (χ2v) is 7.50. The quantitative estimate of drug-likeness (QED) is 0.493. The van der Waals surface area contributed by atoms with Crippen LogP contribution in [0.5, 0.6) is 0 Å². The van der Waals surface area contributed by atoms with Gasteiger partial charge in [-0.25, -0.2) is 4.98 Å². The Morgan fingerprint density at radius 2 is 2.04 bits per heavy atom. The van der Waals surface area contributed by atoms with E-state index in [2.05, 4.69) is 25.6 Å². The number of hydrogen-bond acceptors (Lipinski definition) is 7. The summed E-state index contributed by atoms with van der Waals surface area (Å²) in [5.41, 5.74) is 9.44. The Balaban J connectivity index is 1.91. The van der Waals surface area contributed by atoms with Gasteiger partial charge in [0.05, 0.1) is 18.0 Å². The first-order valence-corrected chi connectivity index (χ1v) is 8.92. The van der Waals surface area contributed by atoms with E-state index in [9.17, 15) is 5.11 Å². The summed E-state index contributed by atoms with van der Waals surface area (Å²) in [6.45, 7) is 7.91. The van der Waals surface area contributed by atoms with E-state index in [0.29, 0.717) is 29.5 Å². The minimum atomic E-state index is -0.908. The number of aromatic nitrogens is 4. The number of hydrogen-bond donors (Lipinski definition) is 4. The summed E-state index contributed by atoms with van der Waals surface area (Å²) in [4.78, 5) is 13.5. The summed E-state index contributed by atoms with van der Waals surface area (Å²) >= 11 is 0. The number of aryl methyl sites for hydroxylation is 2. The number of anilines is 3. The van der Waals surface area contributed by atoms with Gasteiger partial charge in [0.1, 0.15) is 0 Å². The first kappa shape index (κ1) is 18.9. The molecule has 0 spiro atoms. The average molecular weight is 369 g/mol. The Bertz CT molecular complexity index is 959. The molecule has 0 bridgehead atoms. The maximum absolute atomic E-state index is 10.2. The Kier molecular flexibility index (Phi) is 4.93. The van der Waals surface area contributed by atoms with E-state index in [1.807, 2.05) is 43.7 Å². The summed E-state index contributed by atoms with van der Waals surface area (Å²) in [5, 5.41) is 16.7. The van der Waals surface area contributed by atoms with Gasteiger partial charge in [-0.15, -0.1) is 0 Å². The van der Waals surface area contributed by atoms with Crippen molar-refractivity contribution in [2.45, 2.75) is 45.9 Å². The molecule has 2 aromatic heterocycles. The van der Waals surface area contributed by atoms with Crippen LogP contribution in [0.25, 0.3) is 11.2 Å². The molecule has 1 aromatic carbocycles. The molecule has 5 N–H and O–H groups in total. The molecular formula is C19H27N7O. The molecule has 144 valence electrons. The van der Waals surface area contributed by atoms with Gasteiger partial charge in [0, 0.05) is 19.3 Å². The van der Waals surface area contributed by atoms with Crippen LogP contribution in [-0.4, -0.2) is 36.3 Å². The van der Waals surface area contributed by atoms with Crippen LogP contribution in [0.2, 0.25) is 0 Å². The fraction of sp³-hybridized carbons (Fsp3) is 0.421. The van der Waals surface area contributed by atoms with Gasteiger partial charge in [-0.3, -0.25) is 0 Å². The minimum absolute atomic E-state index is 0.233. The number of imidazole rings is 1. The molecule has 0 aliphatic heterocycles. The van der Waals surface area contributed by atoms with Crippen LogP contribution in [0, 0.1) is 6.92 Å². The first-order valence-electron chi connectivity index (χ1n) is 8.92. The Labute approximate surface area is 158 Å². The van der Waals surface area contributed by atoms with Gasteiger partial charge in [0.25, 0.3) is 0 Å². The van der Waals surface area contributed by atoms with Crippen molar-refractivity contribution in [3.05, 3.63) is 35.7 Å². The van der Waals surface area contributed by atoms with E-state index < -0.39 is 5.60 Å². The first-order chi connectivity index (χ1) is 12.6. The van der Waals surface area contributed by atoms with Gasteiger partial charge < -0.3 is 26.0 Å². The molecule has 8 nitrogen and oxygen atoms in total.